The Hall–Kier alpha value is -2.33. The topological polar surface area (TPSA) is 66.7 Å². The number of aromatic amines is 1. The van der Waals surface area contributed by atoms with Crippen molar-refractivity contribution in [2.75, 3.05) is 5.32 Å². The molecule has 96 valence electrons. The lowest BCUT2D eigenvalue weighted by Gasteiger charge is -2.07. The van der Waals surface area contributed by atoms with Gasteiger partial charge in [-0.05, 0) is 29.3 Å². The van der Waals surface area contributed by atoms with Crippen molar-refractivity contribution in [3.05, 3.63) is 59.9 Å². The van der Waals surface area contributed by atoms with Crippen molar-refractivity contribution in [1.29, 1.82) is 0 Å². The highest BCUT2D eigenvalue weighted by Gasteiger charge is 1.98. The van der Waals surface area contributed by atoms with Crippen LogP contribution in [0.3, 0.4) is 0 Å². The van der Waals surface area contributed by atoms with Crippen molar-refractivity contribution >= 4 is 16.7 Å². The van der Waals surface area contributed by atoms with E-state index < -0.39 is 0 Å². The van der Waals surface area contributed by atoms with E-state index in [1.54, 1.807) is 6.33 Å². The fourth-order valence-corrected chi connectivity index (χ4v) is 2.04. The van der Waals surface area contributed by atoms with E-state index in [0.717, 1.165) is 28.8 Å². The number of hydrogen-bond acceptors (Lipinski definition) is 3. The van der Waals surface area contributed by atoms with E-state index in [2.05, 4.69) is 45.6 Å². The Morgan fingerprint density at radius 2 is 1.84 bits per heavy atom. The molecule has 0 radical (unpaired) electrons. The fraction of sp³-hybridized carbons (Fsp3) is 0.133. The molecule has 0 spiro atoms. The van der Waals surface area contributed by atoms with Crippen LogP contribution in [0.5, 0.6) is 0 Å². The van der Waals surface area contributed by atoms with Crippen molar-refractivity contribution < 1.29 is 0 Å². The number of hydrogen-bond donors (Lipinski definition) is 3. The molecule has 0 aliphatic heterocycles. The van der Waals surface area contributed by atoms with Crippen LogP contribution in [-0.2, 0) is 13.1 Å². The predicted molar refractivity (Wildman–Crippen MR) is 77.8 cm³/mol. The second kappa shape index (κ2) is 5.12. The third-order valence-electron chi connectivity index (χ3n) is 3.18. The molecule has 0 fully saturated rings. The molecule has 0 bridgehead atoms. The molecule has 1 aromatic heterocycles. The lowest BCUT2D eigenvalue weighted by Crippen LogP contribution is -2.00. The second-order valence-corrected chi connectivity index (χ2v) is 4.51. The number of imidazole rings is 1. The number of H-pyrrole nitrogens is 1. The van der Waals surface area contributed by atoms with Gasteiger partial charge in [-0.15, -0.1) is 0 Å². The molecule has 2 aromatic carbocycles. The highest BCUT2D eigenvalue weighted by Crippen LogP contribution is 2.16. The van der Waals surface area contributed by atoms with Crippen LogP contribution in [0.1, 0.15) is 11.1 Å². The summed E-state index contributed by atoms with van der Waals surface area (Å²) in [5.41, 5.74) is 11.1. The van der Waals surface area contributed by atoms with Gasteiger partial charge in [-0.1, -0.05) is 24.3 Å². The molecule has 0 atom stereocenters. The number of anilines is 1. The van der Waals surface area contributed by atoms with Crippen LogP contribution in [-0.4, -0.2) is 9.97 Å². The van der Waals surface area contributed by atoms with Crippen LogP contribution in [0.25, 0.3) is 11.0 Å². The summed E-state index contributed by atoms with van der Waals surface area (Å²) in [6.07, 6.45) is 1.71. The minimum atomic E-state index is 0.588. The number of benzene rings is 2. The van der Waals surface area contributed by atoms with Crippen molar-refractivity contribution in [3.8, 4) is 0 Å². The molecule has 4 heteroatoms. The zero-order valence-electron chi connectivity index (χ0n) is 10.6. The monoisotopic (exact) mass is 252 g/mol. The number of fused-ring (bicyclic) bond motifs is 1. The van der Waals surface area contributed by atoms with E-state index in [9.17, 15) is 0 Å². The number of rotatable bonds is 4. The zero-order chi connectivity index (χ0) is 13.1. The van der Waals surface area contributed by atoms with E-state index in [1.807, 2.05) is 12.1 Å². The van der Waals surface area contributed by atoms with Gasteiger partial charge < -0.3 is 16.0 Å². The Morgan fingerprint density at radius 1 is 1.05 bits per heavy atom. The first-order valence-electron chi connectivity index (χ1n) is 6.30. The summed E-state index contributed by atoms with van der Waals surface area (Å²) in [4.78, 5) is 7.31. The smallest absolute Gasteiger partial charge is 0.0931 e. The largest absolute Gasteiger partial charge is 0.381 e. The van der Waals surface area contributed by atoms with Crippen LogP contribution in [0.2, 0.25) is 0 Å². The van der Waals surface area contributed by atoms with Crippen LogP contribution in [0.4, 0.5) is 5.69 Å². The van der Waals surface area contributed by atoms with E-state index in [-0.39, 0.29) is 0 Å². The maximum absolute atomic E-state index is 5.58. The van der Waals surface area contributed by atoms with Gasteiger partial charge in [0.1, 0.15) is 0 Å². The third kappa shape index (κ3) is 2.58. The van der Waals surface area contributed by atoms with Gasteiger partial charge >= 0.3 is 0 Å². The lowest BCUT2D eigenvalue weighted by atomic mass is 10.1. The van der Waals surface area contributed by atoms with Gasteiger partial charge in [-0.2, -0.15) is 0 Å². The molecule has 19 heavy (non-hydrogen) atoms. The summed E-state index contributed by atoms with van der Waals surface area (Å²) >= 11 is 0. The molecule has 0 aliphatic rings. The molecule has 0 aliphatic carbocycles. The summed E-state index contributed by atoms with van der Waals surface area (Å²) in [6, 6.07) is 14.4. The van der Waals surface area contributed by atoms with Gasteiger partial charge in [0.25, 0.3) is 0 Å². The Bertz CT molecular complexity index is 670. The van der Waals surface area contributed by atoms with Gasteiger partial charge in [0.2, 0.25) is 0 Å². The first-order valence-corrected chi connectivity index (χ1v) is 6.30. The average molecular weight is 252 g/mol. The van der Waals surface area contributed by atoms with Crippen molar-refractivity contribution in [3.63, 3.8) is 0 Å². The SMILES string of the molecule is NCc1ccc(CNc2ccc3nc[nH]c3c2)cc1. The van der Waals surface area contributed by atoms with Gasteiger partial charge in [-0.3, -0.25) is 0 Å². The number of aromatic nitrogens is 2. The highest BCUT2D eigenvalue weighted by molar-refractivity contribution is 5.78. The fourth-order valence-electron chi connectivity index (χ4n) is 2.04. The molecule has 3 aromatic rings. The summed E-state index contributed by atoms with van der Waals surface area (Å²) in [5.74, 6) is 0. The van der Waals surface area contributed by atoms with Crippen LogP contribution in [0.15, 0.2) is 48.8 Å². The number of nitrogens with zero attached hydrogens (tertiary/aromatic N) is 1. The minimum absolute atomic E-state index is 0.588. The maximum Gasteiger partial charge on any atom is 0.0931 e. The first kappa shape index (κ1) is 11.7. The third-order valence-corrected chi connectivity index (χ3v) is 3.18. The van der Waals surface area contributed by atoms with E-state index >= 15 is 0 Å². The first-order chi connectivity index (χ1) is 9.35. The second-order valence-electron chi connectivity index (χ2n) is 4.51. The summed E-state index contributed by atoms with van der Waals surface area (Å²) < 4.78 is 0. The van der Waals surface area contributed by atoms with Crippen molar-refractivity contribution in [2.45, 2.75) is 13.1 Å². The van der Waals surface area contributed by atoms with E-state index in [0.29, 0.717) is 6.54 Å². The molecule has 3 rings (SSSR count). The van der Waals surface area contributed by atoms with E-state index in [4.69, 9.17) is 5.73 Å². The number of nitrogens with one attached hydrogen (secondary N) is 2. The van der Waals surface area contributed by atoms with Crippen LogP contribution in [0, 0.1) is 0 Å². The average Bonchev–Trinajstić information content (AvgIpc) is 2.93. The molecule has 0 saturated carbocycles. The standard InChI is InChI=1S/C15H16N4/c16-8-11-1-3-12(4-2-11)9-17-13-5-6-14-15(7-13)19-10-18-14/h1-7,10,17H,8-9,16H2,(H,18,19). The van der Waals surface area contributed by atoms with Crippen molar-refractivity contribution in [1.82, 2.24) is 9.97 Å². The van der Waals surface area contributed by atoms with Crippen molar-refractivity contribution in [2.24, 2.45) is 5.73 Å². The molecule has 4 N–H and O–H groups in total. The lowest BCUT2D eigenvalue weighted by molar-refractivity contribution is 1.06. The van der Waals surface area contributed by atoms with Gasteiger partial charge in [0.05, 0.1) is 17.4 Å². The Morgan fingerprint density at radius 3 is 2.63 bits per heavy atom. The Kier molecular flexibility index (Phi) is 3.16. The molecule has 1 heterocycles. The maximum atomic E-state index is 5.58. The summed E-state index contributed by atoms with van der Waals surface area (Å²) in [5, 5.41) is 3.40. The summed E-state index contributed by atoms with van der Waals surface area (Å²) in [7, 11) is 0. The van der Waals surface area contributed by atoms with Gasteiger partial charge in [0.15, 0.2) is 0 Å². The van der Waals surface area contributed by atoms with Crippen LogP contribution < -0.4 is 11.1 Å². The Balaban J connectivity index is 1.70. The summed E-state index contributed by atoms with van der Waals surface area (Å²) in [6.45, 7) is 1.38. The Labute approximate surface area is 111 Å². The zero-order valence-corrected chi connectivity index (χ0v) is 10.6. The molecule has 0 amide bonds. The highest BCUT2D eigenvalue weighted by atomic mass is 14.9. The quantitative estimate of drug-likeness (QED) is 0.668. The predicted octanol–water partition coefficient (Wildman–Crippen LogP) is 2.63. The molecule has 4 nitrogen and oxygen atoms in total. The van der Waals surface area contributed by atoms with Gasteiger partial charge in [0, 0.05) is 18.8 Å². The normalized spacial score (nSPS) is 10.8. The molecular formula is C15H16N4. The van der Waals surface area contributed by atoms with E-state index in [1.165, 1.54) is 5.56 Å². The molecular weight excluding hydrogens is 236 g/mol. The van der Waals surface area contributed by atoms with Gasteiger partial charge in [-0.25, -0.2) is 4.98 Å². The molecule has 0 saturated heterocycles. The molecule has 0 unspecified atom stereocenters. The number of nitrogens with two attached hydrogens (primary N) is 1. The van der Waals surface area contributed by atoms with Crippen LogP contribution >= 0.6 is 0 Å². The minimum Gasteiger partial charge on any atom is -0.381 e.